The van der Waals surface area contributed by atoms with E-state index in [1.807, 2.05) is 24.3 Å². The minimum absolute atomic E-state index is 0.163. The monoisotopic (exact) mass is 393 g/mol. The molecule has 1 fully saturated rings. The summed E-state index contributed by atoms with van der Waals surface area (Å²) in [5, 5.41) is 9.75. The first-order chi connectivity index (χ1) is 14.1. The summed E-state index contributed by atoms with van der Waals surface area (Å²) < 4.78 is 5.28. The third-order valence-corrected chi connectivity index (χ3v) is 5.95. The molecule has 1 aromatic rings. The number of nitrogens with two attached hydrogens (primary N) is 1. The van der Waals surface area contributed by atoms with Crippen LogP contribution in [0.25, 0.3) is 0 Å². The van der Waals surface area contributed by atoms with Crippen molar-refractivity contribution in [2.75, 3.05) is 12.4 Å². The quantitative estimate of drug-likeness (QED) is 0.553. The second kappa shape index (κ2) is 6.91. The van der Waals surface area contributed by atoms with Gasteiger partial charge in [-0.1, -0.05) is 18.2 Å². The van der Waals surface area contributed by atoms with E-state index in [0.717, 1.165) is 17.9 Å². The highest BCUT2D eigenvalue weighted by molar-refractivity contribution is 6.10. The first kappa shape index (κ1) is 17.7. The van der Waals surface area contributed by atoms with Crippen LogP contribution in [-0.2, 0) is 4.79 Å². The van der Waals surface area contributed by atoms with Gasteiger partial charge in [0.1, 0.15) is 17.6 Å². The van der Waals surface area contributed by atoms with Crippen LogP contribution >= 0.6 is 0 Å². The zero-order valence-electron chi connectivity index (χ0n) is 15.9. The van der Waals surface area contributed by atoms with Crippen molar-refractivity contribution in [3.05, 3.63) is 36.4 Å². The lowest BCUT2D eigenvalue weighted by Crippen LogP contribution is -2.55. The van der Waals surface area contributed by atoms with Crippen molar-refractivity contribution in [2.24, 2.45) is 38.5 Å². The van der Waals surface area contributed by atoms with E-state index in [-0.39, 0.29) is 41.9 Å². The van der Waals surface area contributed by atoms with Gasteiger partial charge in [0.2, 0.25) is 11.9 Å². The van der Waals surface area contributed by atoms with Gasteiger partial charge in [-0.3, -0.25) is 9.79 Å². The van der Waals surface area contributed by atoms with E-state index in [1.54, 1.807) is 13.4 Å². The van der Waals surface area contributed by atoms with E-state index >= 15 is 0 Å². The molecule has 9 heteroatoms. The molecule has 5 rings (SSSR count). The number of rotatable bonds is 4. The van der Waals surface area contributed by atoms with E-state index < -0.39 is 0 Å². The molecule has 6 atom stereocenters. The van der Waals surface area contributed by atoms with Gasteiger partial charge in [0, 0.05) is 17.7 Å². The number of ether oxygens (including phenoxy) is 1. The number of amidine groups is 1. The summed E-state index contributed by atoms with van der Waals surface area (Å²) in [5.74, 6) is 1.87. The third kappa shape index (κ3) is 3.12. The molecule has 1 saturated carbocycles. The molecular formula is C20H23N7O2. The van der Waals surface area contributed by atoms with Gasteiger partial charge in [-0.25, -0.2) is 9.98 Å². The van der Waals surface area contributed by atoms with Crippen molar-refractivity contribution in [3.8, 4) is 5.75 Å². The average molecular weight is 393 g/mol. The maximum absolute atomic E-state index is 12.0. The minimum atomic E-state index is -0.315. The zero-order chi connectivity index (χ0) is 20.0. The molecule has 4 aliphatic rings. The summed E-state index contributed by atoms with van der Waals surface area (Å²) in [6, 6.07) is 7.24. The molecule has 2 heterocycles. The molecule has 2 bridgehead atoms. The topological polar surface area (TPSA) is 125 Å². The summed E-state index contributed by atoms with van der Waals surface area (Å²) in [6.45, 7) is 0. The highest BCUT2D eigenvalue weighted by atomic mass is 16.5. The molecule has 6 unspecified atom stereocenters. The minimum Gasteiger partial charge on any atom is -0.497 e. The molecule has 0 radical (unpaired) electrons. The van der Waals surface area contributed by atoms with E-state index in [2.05, 4.69) is 38.1 Å². The normalized spacial score (nSPS) is 35.1. The van der Waals surface area contributed by atoms with Crippen LogP contribution in [0.1, 0.15) is 6.42 Å². The fraction of sp³-hybridized carbons (Fsp3) is 0.400. The predicted octanol–water partition coefficient (Wildman–Crippen LogP) is 0.467. The van der Waals surface area contributed by atoms with Gasteiger partial charge in [0.25, 0.3) is 0 Å². The Bertz CT molecular complexity index is 954. The average Bonchev–Trinajstić information content (AvgIpc) is 3.44. The smallest absolute Gasteiger partial charge is 0.223 e. The number of benzene rings is 1. The lowest BCUT2D eigenvalue weighted by atomic mass is 9.88. The molecule has 150 valence electrons. The highest BCUT2D eigenvalue weighted by Crippen LogP contribution is 2.45. The summed E-state index contributed by atoms with van der Waals surface area (Å²) in [7, 11) is 1.63. The molecule has 29 heavy (non-hydrogen) atoms. The Balaban J connectivity index is 1.42. The largest absolute Gasteiger partial charge is 0.497 e. The van der Waals surface area contributed by atoms with Crippen LogP contribution in [0.3, 0.4) is 0 Å². The first-order valence-corrected chi connectivity index (χ1v) is 9.71. The molecule has 0 aromatic heterocycles. The van der Waals surface area contributed by atoms with Crippen molar-refractivity contribution in [1.82, 2.24) is 10.6 Å². The Morgan fingerprint density at radius 2 is 2.21 bits per heavy atom. The lowest BCUT2D eigenvalue weighted by molar-refractivity contribution is -0.122. The number of primary amides is 1. The molecular weight excluding hydrogens is 370 g/mol. The Kier molecular flexibility index (Phi) is 4.22. The van der Waals surface area contributed by atoms with E-state index in [4.69, 9.17) is 15.5 Å². The molecule has 5 N–H and O–H groups in total. The maximum Gasteiger partial charge on any atom is 0.223 e. The van der Waals surface area contributed by atoms with Crippen LogP contribution in [-0.4, -0.2) is 49.4 Å². The molecule has 0 spiro atoms. The van der Waals surface area contributed by atoms with Crippen LogP contribution in [0.15, 0.2) is 51.4 Å². The molecule has 9 nitrogen and oxygen atoms in total. The van der Waals surface area contributed by atoms with Gasteiger partial charge in [-0.05, 0) is 24.5 Å². The van der Waals surface area contributed by atoms with Crippen LogP contribution in [0.5, 0.6) is 5.75 Å². The number of carbonyl (C=O) groups is 1. The summed E-state index contributed by atoms with van der Waals surface area (Å²) in [5.41, 5.74) is 6.53. The Labute approximate surface area is 168 Å². The fourth-order valence-corrected chi connectivity index (χ4v) is 4.59. The molecule has 2 aliphatic heterocycles. The molecule has 0 saturated heterocycles. The van der Waals surface area contributed by atoms with Crippen molar-refractivity contribution >= 4 is 29.7 Å². The molecule has 1 aromatic carbocycles. The Morgan fingerprint density at radius 3 is 3.03 bits per heavy atom. The van der Waals surface area contributed by atoms with Crippen molar-refractivity contribution < 1.29 is 9.53 Å². The van der Waals surface area contributed by atoms with Crippen LogP contribution in [0, 0.1) is 17.8 Å². The van der Waals surface area contributed by atoms with E-state index in [0.29, 0.717) is 11.8 Å². The van der Waals surface area contributed by atoms with Gasteiger partial charge in [-0.15, -0.1) is 0 Å². The number of hydrogen-bond donors (Lipinski definition) is 4. The van der Waals surface area contributed by atoms with Gasteiger partial charge in [0.15, 0.2) is 6.17 Å². The number of fused-ring (bicyclic) bond motifs is 3. The second-order valence-electron chi connectivity index (χ2n) is 7.68. The summed E-state index contributed by atoms with van der Waals surface area (Å²) >= 11 is 0. The number of guanidine groups is 1. The standard InChI is InChI=1S/C20H23N7O2/c1-29-13-4-2-3-12(8-13)24-20-26-18-16(22-9-23-18)19(27-20)25-15-11-6-5-10(7-11)14(15)17(21)28/h2-6,8-11,14-16,18H,7H2,1H3,(H2,21,28)(H,22,23)(H2,24,25,26,27). The highest BCUT2D eigenvalue weighted by Gasteiger charge is 2.48. The van der Waals surface area contributed by atoms with E-state index in [9.17, 15) is 4.79 Å². The number of allylic oxidation sites excluding steroid dienone is 1. The zero-order valence-corrected chi connectivity index (χ0v) is 15.9. The van der Waals surface area contributed by atoms with E-state index in [1.165, 1.54) is 0 Å². The number of amides is 1. The van der Waals surface area contributed by atoms with Gasteiger partial charge in [0.05, 0.1) is 25.4 Å². The van der Waals surface area contributed by atoms with Crippen molar-refractivity contribution in [2.45, 2.75) is 24.7 Å². The van der Waals surface area contributed by atoms with Crippen LogP contribution in [0.4, 0.5) is 5.69 Å². The van der Waals surface area contributed by atoms with Crippen molar-refractivity contribution in [3.63, 3.8) is 0 Å². The Hall–Kier alpha value is -3.36. The SMILES string of the molecule is COc1cccc(NC2=NC3N=CNC3C(=NC3C4C=CC(C4)C3C(N)=O)N2)c1. The third-order valence-electron chi connectivity index (χ3n) is 5.95. The summed E-state index contributed by atoms with van der Waals surface area (Å²) in [6.07, 6.45) is 6.51. The van der Waals surface area contributed by atoms with Crippen LogP contribution < -0.4 is 26.4 Å². The summed E-state index contributed by atoms with van der Waals surface area (Å²) in [4.78, 5) is 26.0. The van der Waals surface area contributed by atoms with Gasteiger partial charge in [-0.2, -0.15) is 0 Å². The fourth-order valence-electron chi connectivity index (χ4n) is 4.59. The van der Waals surface area contributed by atoms with Gasteiger partial charge < -0.3 is 26.4 Å². The molecule has 1 amide bonds. The number of anilines is 1. The maximum atomic E-state index is 12.0. The molecule has 2 aliphatic carbocycles. The Morgan fingerprint density at radius 1 is 1.34 bits per heavy atom. The van der Waals surface area contributed by atoms with Crippen molar-refractivity contribution in [1.29, 1.82) is 0 Å². The number of aliphatic imine (C=N–C) groups is 3. The number of nitrogens with one attached hydrogen (secondary N) is 3. The first-order valence-electron chi connectivity index (χ1n) is 9.71. The predicted molar refractivity (Wildman–Crippen MR) is 111 cm³/mol. The van der Waals surface area contributed by atoms with Crippen LogP contribution in [0.2, 0.25) is 0 Å². The lowest BCUT2D eigenvalue weighted by Gasteiger charge is -2.29. The number of carbonyl (C=O) groups excluding carboxylic acids is 1. The number of nitrogens with zero attached hydrogens (tertiary/aromatic N) is 3. The number of hydrogen-bond acceptors (Lipinski definition) is 7. The van der Waals surface area contributed by atoms with Gasteiger partial charge >= 0.3 is 0 Å². The number of methoxy groups -OCH3 is 1. The second-order valence-corrected chi connectivity index (χ2v) is 7.68.